The van der Waals surface area contributed by atoms with E-state index in [0.717, 1.165) is 11.3 Å². The van der Waals surface area contributed by atoms with Crippen LogP contribution in [0.4, 0.5) is 5.69 Å². The Morgan fingerprint density at radius 1 is 1.16 bits per heavy atom. The van der Waals surface area contributed by atoms with E-state index in [9.17, 15) is 9.59 Å². The lowest BCUT2D eigenvalue weighted by Gasteiger charge is -2.24. The number of ether oxygens (including phenoxy) is 3. The standard InChI is InChI=1S/C19H17NO5/c21-18(25-14-6-7-16-17(10-14)24-11-23-16)8-5-13-9-12-3-1-2-4-15(12)20-19(13)22/h1-4,6-7,10,13H,5,8-9,11H2,(H,20,22). The molecule has 128 valence electrons. The van der Waals surface area contributed by atoms with Gasteiger partial charge in [-0.05, 0) is 36.6 Å². The van der Waals surface area contributed by atoms with Crippen LogP contribution in [0.1, 0.15) is 18.4 Å². The van der Waals surface area contributed by atoms with Gasteiger partial charge in [-0.3, -0.25) is 9.59 Å². The van der Waals surface area contributed by atoms with Crippen molar-refractivity contribution < 1.29 is 23.8 Å². The van der Waals surface area contributed by atoms with E-state index in [4.69, 9.17) is 14.2 Å². The molecule has 2 heterocycles. The van der Waals surface area contributed by atoms with Gasteiger partial charge in [0.25, 0.3) is 0 Å². The summed E-state index contributed by atoms with van der Waals surface area (Å²) >= 11 is 0. The van der Waals surface area contributed by atoms with Gasteiger partial charge in [0.1, 0.15) is 5.75 Å². The molecule has 0 radical (unpaired) electrons. The molecule has 1 unspecified atom stereocenters. The normalized spacial score (nSPS) is 17.6. The molecule has 25 heavy (non-hydrogen) atoms. The highest BCUT2D eigenvalue weighted by atomic mass is 16.7. The molecule has 1 amide bonds. The monoisotopic (exact) mass is 339 g/mol. The van der Waals surface area contributed by atoms with Gasteiger partial charge >= 0.3 is 5.97 Å². The van der Waals surface area contributed by atoms with Crippen molar-refractivity contribution in [1.82, 2.24) is 0 Å². The van der Waals surface area contributed by atoms with Crippen LogP contribution >= 0.6 is 0 Å². The molecule has 0 saturated heterocycles. The van der Waals surface area contributed by atoms with Crippen LogP contribution in [0.25, 0.3) is 0 Å². The van der Waals surface area contributed by atoms with Gasteiger partial charge in [0.15, 0.2) is 11.5 Å². The number of carbonyl (C=O) groups excluding carboxylic acids is 2. The zero-order chi connectivity index (χ0) is 17.2. The molecule has 6 heteroatoms. The molecule has 1 N–H and O–H groups in total. The van der Waals surface area contributed by atoms with Crippen molar-refractivity contribution >= 4 is 17.6 Å². The summed E-state index contributed by atoms with van der Waals surface area (Å²) in [4.78, 5) is 24.2. The lowest BCUT2D eigenvalue weighted by atomic mass is 9.90. The van der Waals surface area contributed by atoms with Crippen molar-refractivity contribution in [2.75, 3.05) is 12.1 Å². The minimum absolute atomic E-state index is 0.0467. The SMILES string of the molecule is O=C(CCC1Cc2ccccc2NC1=O)Oc1ccc2c(c1)OCO2. The fraction of sp³-hybridized carbons (Fsp3) is 0.263. The van der Waals surface area contributed by atoms with Crippen molar-refractivity contribution in [3.05, 3.63) is 48.0 Å². The summed E-state index contributed by atoms with van der Waals surface area (Å²) in [5.74, 6) is 0.970. The lowest BCUT2D eigenvalue weighted by molar-refractivity contribution is -0.134. The maximum atomic E-state index is 12.2. The molecule has 2 aliphatic heterocycles. The summed E-state index contributed by atoms with van der Waals surface area (Å²) in [5, 5.41) is 2.89. The number of hydrogen-bond acceptors (Lipinski definition) is 5. The maximum absolute atomic E-state index is 12.2. The van der Waals surface area contributed by atoms with Crippen LogP contribution in [0.15, 0.2) is 42.5 Å². The quantitative estimate of drug-likeness (QED) is 0.685. The lowest BCUT2D eigenvalue weighted by Crippen LogP contribution is -2.30. The Morgan fingerprint density at radius 3 is 2.92 bits per heavy atom. The summed E-state index contributed by atoms with van der Waals surface area (Å²) < 4.78 is 15.8. The average molecular weight is 339 g/mol. The Labute approximate surface area is 144 Å². The molecule has 2 aromatic carbocycles. The molecule has 4 rings (SSSR count). The number of carbonyl (C=O) groups is 2. The molecule has 2 aliphatic rings. The van der Waals surface area contributed by atoms with Gasteiger partial charge in [-0.25, -0.2) is 0 Å². The van der Waals surface area contributed by atoms with E-state index >= 15 is 0 Å². The Kier molecular flexibility index (Phi) is 4.01. The summed E-state index contributed by atoms with van der Waals surface area (Å²) in [6, 6.07) is 12.7. The van der Waals surface area contributed by atoms with Crippen molar-refractivity contribution in [1.29, 1.82) is 0 Å². The Balaban J connectivity index is 1.34. The smallest absolute Gasteiger partial charge is 0.311 e. The fourth-order valence-electron chi connectivity index (χ4n) is 3.06. The fourth-order valence-corrected chi connectivity index (χ4v) is 3.06. The second kappa shape index (κ2) is 6.47. The second-order valence-electron chi connectivity index (χ2n) is 6.08. The minimum atomic E-state index is -0.370. The van der Waals surface area contributed by atoms with Crippen LogP contribution in [-0.4, -0.2) is 18.7 Å². The van der Waals surface area contributed by atoms with Crippen LogP contribution in [0.3, 0.4) is 0 Å². The largest absolute Gasteiger partial charge is 0.454 e. The number of rotatable bonds is 4. The van der Waals surface area contributed by atoms with Crippen LogP contribution in [0.5, 0.6) is 17.2 Å². The highest BCUT2D eigenvalue weighted by Crippen LogP contribution is 2.35. The Bertz CT molecular complexity index is 832. The average Bonchev–Trinajstić information content (AvgIpc) is 3.07. The van der Waals surface area contributed by atoms with Crippen molar-refractivity contribution in [3.63, 3.8) is 0 Å². The molecule has 0 saturated carbocycles. The van der Waals surface area contributed by atoms with Gasteiger partial charge in [-0.1, -0.05) is 18.2 Å². The molecule has 0 bridgehead atoms. The van der Waals surface area contributed by atoms with E-state index in [-0.39, 0.29) is 31.0 Å². The molecule has 2 aromatic rings. The third-order valence-electron chi connectivity index (χ3n) is 4.38. The molecule has 0 aliphatic carbocycles. The highest BCUT2D eigenvalue weighted by Gasteiger charge is 2.26. The first-order chi connectivity index (χ1) is 12.2. The zero-order valence-electron chi connectivity index (χ0n) is 13.5. The van der Waals surface area contributed by atoms with Crippen molar-refractivity contribution in [3.8, 4) is 17.2 Å². The van der Waals surface area contributed by atoms with E-state index in [0.29, 0.717) is 30.1 Å². The van der Waals surface area contributed by atoms with Gasteiger partial charge in [0.2, 0.25) is 12.7 Å². The first kappa shape index (κ1) is 15.5. The molecule has 0 fully saturated rings. The van der Waals surface area contributed by atoms with E-state index in [1.165, 1.54) is 0 Å². The van der Waals surface area contributed by atoms with Crippen molar-refractivity contribution in [2.45, 2.75) is 19.3 Å². The molecular formula is C19H17NO5. The highest BCUT2D eigenvalue weighted by molar-refractivity contribution is 5.95. The molecule has 6 nitrogen and oxygen atoms in total. The van der Waals surface area contributed by atoms with Crippen LogP contribution in [0.2, 0.25) is 0 Å². The van der Waals surface area contributed by atoms with Crippen LogP contribution in [-0.2, 0) is 16.0 Å². The zero-order valence-corrected chi connectivity index (χ0v) is 13.5. The third kappa shape index (κ3) is 3.28. The van der Waals surface area contributed by atoms with Gasteiger partial charge in [0, 0.05) is 24.1 Å². The predicted molar refractivity (Wildman–Crippen MR) is 89.7 cm³/mol. The number of anilines is 1. The number of benzene rings is 2. The number of esters is 1. The maximum Gasteiger partial charge on any atom is 0.311 e. The van der Waals surface area contributed by atoms with E-state index < -0.39 is 0 Å². The van der Waals surface area contributed by atoms with Gasteiger partial charge in [0.05, 0.1) is 0 Å². The number of amides is 1. The van der Waals surface area contributed by atoms with E-state index in [1.54, 1.807) is 18.2 Å². The third-order valence-corrected chi connectivity index (χ3v) is 4.38. The summed E-state index contributed by atoms with van der Waals surface area (Å²) in [7, 11) is 0. The second-order valence-corrected chi connectivity index (χ2v) is 6.08. The van der Waals surface area contributed by atoms with E-state index in [2.05, 4.69) is 5.32 Å². The van der Waals surface area contributed by atoms with Gasteiger partial charge in [-0.15, -0.1) is 0 Å². The minimum Gasteiger partial charge on any atom is -0.454 e. The molecule has 0 spiro atoms. The number of hydrogen-bond donors (Lipinski definition) is 1. The molecular weight excluding hydrogens is 322 g/mol. The van der Waals surface area contributed by atoms with Crippen molar-refractivity contribution in [2.24, 2.45) is 5.92 Å². The predicted octanol–water partition coefficient (Wildman–Crippen LogP) is 2.91. The summed E-state index contributed by atoms with van der Waals surface area (Å²) in [6.45, 7) is 0.172. The van der Waals surface area contributed by atoms with Crippen LogP contribution in [0, 0.1) is 5.92 Å². The summed E-state index contributed by atoms with van der Waals surface area (Å²) in [5.41, 5.74) is 1.95. The summed E-state index contributed by atoms with van der Waals surface area (Å²) in [6.07, 6.45) is 1.26. The van der Waals surface area contributed by atoms with E-state index in [1.807, 2.05) is 24.3 Å². The topological polar surface area (TPSA) is 73.9 Å². The van der Waals surface area contributed by atoms with Gasteiger partial charge in [-0.2, -0.15) is 0 Å². The molecule has 1 atom stereocenters. The number of nitrogens with one attached hydrogen (secondary N) is 1. The van der Waals surface area contributed by atoms with Crippen LogP contribution < -0.4 is 19.5 Å². The first-order valence-electron chi connectivity index (χ1n) is 8.18. The Morgan fingerprint density at radius 2 is 2.00 bits per heavy atom. The van der Waals surface area contributed by atoms with Gasteiger partial charge < -0.3 is 19.5 Å². The molecule has 0 aromatic heterocycles. The Hall–Kier alpha value is -3.02. The number of fused-ring (bicyclic) bond motifs is 2. The first-order valence-corrected chi connectivity index (χ1v) is 8.18. The number of para-hydroxylation sites is 1.